The average molecular weight is 218 g/mol. The van der Waals surface area contributed by atoms with Gasteiger partial charge in [0.25, 0.3) is 0 Å². The summed E-state index contributed by atoms with van der Waals surface area (Å²) < 4.78 is 0. The van der Waals surface area contributed by atoms with E-state index >= 15 is 0 Å². The van der Waals surface area contributed by atoms with Gasteiger partial charge in [-0.3, -0.25) is 0 Å². The van der Waals surface area contributed by atoms with E-state index in [-0.39, 0.29) is 12.6 Å². The molecule has 86 valence electrons. The van der Waals surface area contributed by atoms with E-state index in [4.69, 9.17) is 5.73 Å². The van der Waals surface area contributed by atoms with Crippen LogP contribution in [0.25, 0.3) is 10.9 Å². The predicted octanol–water partition coefficient (Wildman–Crippen LogP) is 2.03. The fourth-order valence-electron chi connectivity index (χ4n) is 2.18. The maximum absolute atomic E-state index is 9.18. The smallest absolute Gasteiger partial charge is 0.0625 e. The molecule has 3 heteroatoms. The van der Waals surface area contributed by atoms with Crippen molar-refractivity contribution in [2.75, 3.05) is 6.61 Å². The number of rotatable bonds is 3. The zero-order chi connectivity index (χ0) is 11.7. The highest BCUT2D eigenvalue weighted by atomic mass is 16.3. The molecule has 4 N–H and O–H groups in total. The van der Waals surface area contributed by atoms with Crippen LogP contribution in [0.2, 0.25) is 0 Å². The molecular weight excluding hydrogens is 200 g/mol. The minimum absolute atomic E-state index is 0.0237. The Morgan fingerprint density at radius 1 is 1.44 bits per heavy atom. The third-order valence-electron chi connectivity index (χ3n) is 3.08. The van der Waals surface area contributed by atoms with E-state index in [9.17, 15) is 5.11 Å². The summed E-state index contributed by atoms with van der Waals surface area (Å²) in [6.45, 7) is 4.10. The average Bonchev–Trinajstić information content (AvgIpc) is 2.63. The summed E-state index contributed by atoms with van der Waals surface area (Å²) >= 11 is 0. The van der Waals surface area contributed by atoms with Crippen LogP contribution in [0.4, 0.5) is 0 Å². The number of nitrogens with two attached hydrogens (primary N) is 1. The summed E-state index contributed by atoms with van der Waals surface area (Å²) in [5, 5.41) is 10.3. The first-order valence-corrected chi connectivity index (χ1v) is 5.65. The highest BCUT2D eigenvalue weighted by Gasteiger charge is 2.14. The van der Waals surface area contributed by atoms with E-state index in [1.54, 1.807) is 0 Å². The SMILES string of the molecule is CCc1ccc2[nH]c(C)c(C(N)CO)c2c1. The Bertz CT molecular complexity index is 502. The van der Waals surface area contributed by atoms with E-state index in [0.29, 0.717) is 0 Å². The number of aryl methyl sites for hydroxylation is 2. The van der Waals surface area contributed by atoms with Crippen molar-refractivity contribution < 1.29 is 5.11 Å². The van der Waals surface area contributed by atoms with Gasteiger partial charge in [0.15, 0.2) is 0 Å². The number of nitrogens with one attached hydrogen (secondary N) is 1. The van der Waals surface area contributed by atoms with Crippen molar-refractivity contribution in [1.29, 1.82) is 0 Å². The quantitative estimate of drug-likeness (QED) is 0.738. The number of benzene rings is 1. The van der Waals surface area contributed by atoms with Crippen LogP contribution in [0.5, 0.6) is 0 Å². The molecule has 0 aliphatic heterocycles. The normalized spacial score (nSPS) is 13.2. The lowest BCUT2D eigenvalue weighted by Gasteiger charge is -2.08. The summed E-state index contributed by atoms with van der Waals surface area (Å²) in [6.07, 6.45) is 1.01. The highest BCUT2D eigenvalue weighted by Crippen LogP contribution is 2.27. The van der Waals surface area contributed by atoms with Gasteiger partial charge in [0.2, 0.25) is 0 Å². The molecule has 16 heavy (non-hydrogen) atoms. The number of aromatic nitrogens is 1. The number of aliphatic hydroxyl groups excluding tert-OH is 1. The van der Waals surface area contributed by atoms with Gasteiger partial charge in [-0.05, 0) is 36.6 Å². The second kappa shape index (κ2) is 4.28. The van der Waals surface area contributed by atoms with Crippen LogP contribution < -0.4 is 5.73 Å². The first-order chi connectivity index (χ1) is 7.67. The Labute approximate surface area is 95.3 Å². The van der Waals surface area contributed by atoms with Crippen LogP contribution >= 0.6 is 0 Å². The van der Waals surface area contributed by atoms with Crippen LogP contribution in [-0.2, 0) is 6.42 Å². The molecule has 0 saturated carbocycles. The summed E-state index contributed by atoms with van der Waals surface area (Å²) in [4.78, 5) is 3.30. The van der Waals surface area contributed by atoms with Crippen molar-refractivity contribution in [2.24, 2.45) is 5.73 Å². The number of H-pyrrole nitrogens is 1. The molecule has 1 unspecified atom stereocenters. The maximum atomic E-state index is 9.18. The second-order valence-corrected chi connectivity index (χ2v) is 4.19. The van der Waals surface area contributed by atoms with Gasteiger partial charge >= 0.3 is 0 Å². The van der Waals surface area contributed by atoms with Crippen LogP contribution in [0, 0.1) is 6.92 Å². The van der Waals surface area contributed by atoms with Gasteiger partial charge in [0, 0.05) is 16.6 Å². The van der Waals surface area contributed by atoms with E-state index in [1.165, 1.54) is 5.56 Å². The number of hydrogen-bond acceptors (Lipinski definition) is 2. The molecule has 0 spiro atoms. The van der Waals surface area contributed by atoms with Crippen LogP contribution in [0.1, 0.15) is 29.8 Å². The van der Waals surface area contributed by atoms with Crippen LogP contribution in [0.15, 0.2) is 18.2 Å². The number of aromatic amines is 1. The Balaban J connectivity index is 2.65. The molecule has 0 aliphatic rings. The van der Waals surface area contributed by atoms with Gasteiger partial charge in [0.1, 0.15) is 0 Å². The molecule has 0 radical (unpaired) electrons. The Morgan fingerprint density at radius 2 is 2.19 bits per heavy atom. The fraction of sp³-hybridized carbons (Fsp3) is 0.385. The second-order valence-electron chi connectivity index (χ2n) is 4.19. The molecule has 1 aromatic carbocycles. The molecule has 2 rings (SSSR count). The van der Waals surface area contributed by atoms with Crippen molar-refractivity contribution >= 4 is 10.9 Å². The Morgan fingerprint density at radius 3 is 2.81 bits per heavy atom. The standard InChI is InChI=1S/C13H18N2O/c1-3-9-4-5-12-10(6-9)13(8(2)15-12)11(14)7-16/h4-6,11,15-16H,3,7,14H2,1-2H3. The lowest BCUT2D eigenvalue weighted by Crippen LogP contribution is -2.15. The summed E-state index contributed by atoms with van der Waals surface area (Å²) in [5.41, 5.74) is 10.4. The topological polar surface area (TPSA) is 62.0 Å². The maximum Gasteiger partial charge on any atom is 0.0625 e. The molecule has 0 amide bonds. The van der Waals surface area contributed by atoms with Crippen molar-refractivity contribution in [2.45, 2.75) is 26.3 Å². The van der Waals surface area contributed by atoms with Gasteiger partial charge in [-0.1, -0.05) is 13.0 Å². The van der Waals surface area contributed by atoms with Gasteiger partial charge in [-0.15, -0.1) is 0 Å². The molecule has 1 atom stereocenters. The van der Waals surface area contributed by atoms with E-state index in [1.807, 2.05) is 6.92 Å². The van der Waals surface area contributed by atoms with Crippen LogP contribution in [-0.4, -0.2) is 16.7 Å². The third-order valence-corrected chi connectivity index (χ3v) is 3.08. The molecular formula is C13H18N2O. The first-order valence-electron chi connectivity index (χ1n) is 5.65. The molecule has 0 fully saturated rings. The van der Waals surface area contributed by atoms with E-state index in [2.05, 4.69) is 30.1 Å². The number of hydrogen-bond donors (Lipinski definition) is 3. The van der Waals surface area contributed by atoms with Gasteiger partial charge in [0.05, 0.1) is 12.6 Å². The van der Waals surface area contributed by atoms with Crippen molar-refractivity contribution in [3.63, 3.8) is 0 Å². The molecule has 3 nitrogen and oxygen atoms in total. The minimum atomic E-state index is -0.305. The van der Waals surface area contributed by atoms with Crippen molar-refractivity contribution in [1.82, 2.24) is 4.98 Å². The largest absolute Gasteiger partial charge is 0.394 e. The lowest BCUT2D eigenvalue weighted by molar-refractivity contribution is 0.268. The fourth-order valence-corrected chi connectivity index (χ4v) is 2.18. The van der Waals surface area contributed by atoms with Crippen LogP contribution in [0.3, 0.4) is 0 Å². The zero-order valence-electron chi connectivity index (χ0n) is 9.75. The molecule has 1 aromatic heterocycles. The summed E-state index contributed by atoms with van der Waals surface area (Å²) in [7, 11) is 0. The Kier molecular flexibility index (Phi) is 2.99. The number of aliphatic hydroxyl groups is 1. The highest BCUT2D eigenvalue weighted by molar-refractivity contribution is 5.85. The molecule has 2 aromatic rings. The first kappa shape index (κ1) is 11.2. The zero-order valence-corrected chi connectivity index (χ0v) is 9.75. The van der Waals surface area contributed by atoms with E-state index < -0.39 is 0 Å². The van der Waals surface area contributed by atoms with Crippen molar-refractivity contribution in [3.05, 3.63) is 35.0 Å². The molecule has 0 bridgehead atoms. The molecule has 0 aliphatic carbocycles. The van der Waals surface area contributed by atoms with Gasteiger partial charge in [-0.25, -0.2) is 0 Å². The monoisotopic (exact) mass is 218 g/mol. The molecule has 0 saturated heterocycles. The minimum Gasteiger partial charge on any atom is -0.394 e. The number of fused-ring (bicyclic) bond motifs is 1. The summed E-state index contributed by atoms with van der Waals surface area (Å²) in [5.74, 6) is 0. The lowest BCUT2D eigenvalue weighted by atomic mass is 10.0. The third kappa shape index (κ3) is 1.72. The van der Waals surface area contributed by atoms with E-state index in [0.717, 1.165) is 28.6 Å². The van der Waals surface area contributed by atoms with Gasteiger partial charge < -0.3 is 15.8 Å². The predicted molar refractivity (Wildman–Crippen MR) is 66.4 cm³/mol. The summed E-state index contributed by atoms with van der Waals surface area (Å²) in [6, 6.07) is 6.05. The molecule has 1 heterocycles. The van der Waals surface area contributed by atoms with Crippen molar-refractivity contribution in [3.8, 4) is 0 Å². The Hall–Kier alpha value is -1.32. The van der Waals surface area contributed by atoms with Gasteiger partial charge in [-0.2, -0.15) is 0 Å².